The Balaban J connectivity index is 2.66. The Hall–Kier alpha value is -1.31. The number of rotatable bonds is 5. The summed E-state index contributed by atoms with van der Waals surface area (Å²) in [7, 11) is 1.43. The molecule has 0 saturated heterocycles. The maximum absolute atomic E-state index is 11.1. The van der Waals surface area contributed by atoms with E-state index in [2.05, 4.69) is 43.7 Å². The highest BCUT2D eigenvalue weighted by molar-refractivity contribution is 5.69. The molecule has 1 rings (SSSR count). The fraction of sp³-hybridized carbons (Fsp3) is 0.533. The van der Waals surface area contributed by atoms with Crippen molar-refractivity contribution in [3.8, 4) is 0 Å². The van der Waals surface area contributed by atoms with E-state index in [1.807, 2.05) is 0 Å². The molecule has 0 amide bonds. The summed E-state index contributed by atoms with van der Waals surface area (Å²) in [6, 6.07) is 6.53. The van der Waals surface area contributed by atoms with Crippen molar-refractivity contribution in [1.82, 2.24) is 0 Å². The van der Waals surface area contributed by atoms with Crippen LogP contribution >= 0.6 is 0 Å². The van der Waals surface area contributed by atoms with Crippen LogP contribution in [0.5, 0.6) is 0 Å². The third-order valence-corrected chi connectivity index (χ3v) is 2.88. The third kappa shape index (κ3) is 4.59. The van der Waals surface area contributed by atoms with E-state index in [0.29, 0.717) is 12.3 Å². The number of methoxy groups -OCH3 is 1. The molecule has 1 aromatic carbocycles. The molecule has 0 radical (unpaired) electrons. The first-order valence-corrected chi connectivity index (χ1v) is 6.18. The second-order valence-electron chi connectivity index (χ2n) is 4.93. The molecule has 94 valence electrons. The Morgan fingerprint density at radius 1 is 1.35 bits per heavy atom. The lowest BCUT2D eigenvalue weighted by molar-refractivity contribution is -0.140. The third-order valence-electron chi connectivity index (χ3n) is 2.88. The smallest absolute Gasteiger partial charge is 0.305 e. The van der Waals surface area contributed by atoms with Crippen molar-refractivity contribution in [3.05, 3.63) is 34.9 Å². The zero-order valence-corrected chi connectivity index (χ0v) is 11.2. The topological polar surface area (TPSA) is 26.3 Å². The lowest BCUT2D eigenvalue weighted by Crippen LogP contribution is -2.03. The van der Waals surface area contributed by atoms with E-state index in [0.717, 1.165) is 12.8 Å². The van der Waals surface area contributed by atoms with Crippen molar-refractivity contribution < 1.29 is 9.53 Å². The summed E-state index contributed by atoms with van der Waals surface area (Å²) in [4.78, 5) is 11.1. The molecule has 0 aromatic heterocycles. The van der Waals surface area contributed by atoms with E-state index in [9.17, 15) is 4.79 Å². The van der Waals surface area contributed by atoms with Gasteiger partial charge < -0.3 is 4.74 Å². The van der Waals surface area contributed by atoms with Gasteiger partial charge >= 0.3 is 5.97 Å². The summed E-state index contributed by atoms with van der Waals surface area (Å²) >= 11 is 0. The number of benzene rings is 1. The first kappa shape index (κ1) is 13.8. The number of carbonyl (C=O) groups is 1. The lowest BCUT2D eigenvalue weighted by Gasteiger charge is -2.09. The molecule has 0 N–H and O–H groups in total. The summed E-state index contributed by atoms with van der Waals surface area (Å²) in [5.41, 5.74) is 3.88. The van der Waals surface area contributed by atoms with Crippen LogP contribution in [-0.2, 0) is 22.4 Å². The summed E-state index contributed by atoms with van der Waals surface area (Å²) in [6.07, 6.45) is 2.33. The van der Waals surface area contributed by atoms with E-state index < -0.39 is 0 Å². The first-order valence-electron chi connectivity index (χ1n) is 6.18. The van der Waals surface area contributed by atoms with Gasteiger partial charge in [0.15, 0.2) is 0 Å². The largest absolute Gasteiger partial charge is 0.469 e. The van der Waals surface area contributed by atoms with Crippen LogP contribution < -0.4 is 0 Å². The molecular weight excluding hydrogens is 212 g/mol. The predicted octanol–water partition coefficient (Wildman–Crippen LogP) is 3.30. The van der Waals surface area contributed by atoms with Crippen LogP contribution in [0.4, 0.5) is 0 Å². The zero-order valence-electron chi connectivity index (χ0n) is 11.2. The molecule has 0 atom stereocenters. The van der Waals surface area contributed by atoms with Crippen molar-refractivity contribution in [3.63, 3.8) is 0 Å². The molecule has 0 bridgehead atoms. The standard InChI is InChI=1S/C15H22O2/c1-11(2)9-13-5-6-14(12(3)10-13)7-8-15(16)17-4/h5-6,10-11H,7-9H2,1-4H3. The minimum absolute atomic E-state index is 0.143. The SMILES string of the molecule is COC(=O)CCc1ccc(CC(C)C)cc1C. The molecule has 17 heavy (non-hydrogen) atoms. The molecule has 0 unspecified atom stereocenters. The van der Waals surface area contributed by atoms with E-state index >= 15 is 0 Å². The minimum Gasteiger partial charge on any atom is -0.469 e. The van der Waals surface area contributed by atoms with Gasteiger partial charge in [0.2, 0.25) is 0 Å². The molecule has 2 nitrogen and oxygen atoms in total. The van der Waals surface area contributed by atoms with Crippen molar-refractivity contribution in [2.45, 2.75) is 40.0 Å². The maximum Gasteiger partial charge on any atom is 0.305 e. The second-order valence-corrected chi connectivity index (χ2v) is 4.93. The molecular formula is C15H22O2. The van der Waals surface area contributed by atoms with E-state index in [1.54, 1.807) is 0 Å². The lowest BCUT2D eigenvalue weighted by atomic mass is 9.97. The molecule has 0 fully saturated rings. The van der Waals surface area contributed by atoms with Gasteiger partial charge in [0.25, 0.3) is 0 Å². The van der Waals surface area contributed by atoms with Gasteiger partial charge in [-0.3, -0.25) is 4.79 Å². The number of aryl methyl sites for hydroxylation is 2. The first-order chi connectivity index (χ1) is 8.02. The molecule has 0 spiro atoms. The van der Waals surface area contributed by atoms with Crippen LogP contribution in [0.25, 0.3) is 0 Å². The second kappa shape index (κ2) is 6.43. The van der Waals surface area contributed by atoms with Gasteiger partial charge in [0.05, 0.1) is 7.11 Å². The summed E-state index contributed by atoms with van der Waals surface area (Å²) in [6.45, 7) is 6.55. The van der Waals surface area contributed by atoms with Crippen molar-refractivity contribution in [2.24, 2.45) is 5.92 Å². The Morgan fingerprint density at radius 2 is 2.06 bits per heavy atom. The van der Waals surface area contributed by atoms with Gasteiger partial charge in [-0.15, -0.1) is 0 Å². The predicted molar refractivity (Wildman–Crippen MR) is 70.1 cm³/mol. The van der Waals surface area contributed by atoms with E-state index in [4.69, 9.17) is 0 Å². The Bertz CT molecular complexity index is 381. The van der Waals surface area contributed by atoms with Crippen LogP contribution in [0.15, 0.2) is 18.2 Å². The molecule has 0 aliphatic rings. The number of esters is 1. The average Bonchev–Trinajstić information content (AvgIpc) is 2.26. The monoisotopic (exact) mass is 234 g/mol. The molecule has 0 aliphatic carbocycles. The number of ether oxygens (including phenoxy) is 1. The van der Waals surface area contributed by atoms with Gasteiger partial charge in [0, 0.05) is 6.42 Å². The number of hydrogen-bond donors (Lipinski definition) is 0. The number of hydrogen-bond acceptors (Lipinski definition) is 2. The van der Waals surface area contributed by atoms with Gasteiger partial charge in [-0.05, 0) is 42.4 Å². The minimum atomic E-state index is -0.143. The fourth-order valence-corrected chi connectivity index (χ4v) is 1.98. The Morgan fingerprint density at radius 3 is 2.59 bits per heavy atom. The van der Waals surface area contributed by atoms with Gasteiger partial charge in [-0.25, -0.2) is 0 Å². The highest BCUT2D eigenvalue weighted by atomic mass is 16.5. The summed E-state index contributed by atoms with van der Waals surface area (Å²) in [5, 5.41) is 0. The molecule has 0 aliphatic heterocycles. The Labute approximate surface area is 104 Å². The van der Waals surface area contributed by atoms with Crippen LogP contribution in [0.2, 0.25) is 0 Å². The molecule has 1 aromatic rings. The quantitative estimate of drug-likeness (QED) is 0.731. The maximum atomic E-state index is 11.1. The van der Waals surface area contributed by atoms with Gasteiger partial charge in [0.1, 0.15) is 0 Å². The Kier molecular flexibility index (Phi) is 5.20. The normalized spacial score (nSPS) is 10.6. The van der Waals surface area contributed by atoms with Crippen LogP contribution in [0.1, 0.15) is 37.0 Å². The number of carbonyl (C=O) groups excluding carboxylic acids is 1. The highest BCUT2D eigenvalue weighted by Crippen LogP contribution is 2.16. The molecule has 0 saturated carbocycles. The average molecular weight is 234 g/mol. The highest BCUT2D eigenvalue weighted by Gasteiger charge is 2.05. The van der Waals surface area contributed by atoms with E-state index in [-0.39, 0.29) is 5.97 Å². The van der Waals surface area contributed by atoms with Crippen molar-refractivity contribution in [2.75, 3.05) is 7.11 Å². The van der Waals surface area contributed by atoms with Crippen LogP contribution in [0.3, 0.4) is 0 Å². The van der Waals surface area contributed by atoms with E-state index in [1.165, 1.54) is 23.8 Å². The van der Waals surface area contributed by atoms with Gasteiger partial charge in [-0.2, -0.15) is 0 Å². The van der Waals surface area contributed by atoms with Crippen LogP contribution in [-0.4, -0.2) is 13.1 Å². The fourth-order valence-electron chi connectivity index (χ4n) is 1.98. The van der Waals surface area contributed by atoms with Crippen molar-refractivity contribution in [1.29, 1.82) is 0 Å². The van der Waals surface area contributed by atoms with Crippen molar-refractivity contribution >= 4 is 5.97 Å². The van der Waals surface area contributed by atoms with Gasteiger partial charge in [-0.1, -0.05) is 32.0 Å². The zero-order chi connectivity index (χ0) is 12.8. The summed E-state index contributed by atoms with van der Waals surface area (Å²) < 4.78 is 4.65. The molecule has 2 heteroatoms. The molecule has 0 heterocycles. The van der Waals surface area contributed by atoms with Crippen LogP contribution in [0, 0.1) is 12.8 Å². The summed E-state index contributed by atoms with van der Waals surface area (Å²) in [5.74, 6) is 0.533.